The summed E-state index contributed by atoms with van der Waals surface area (Å²) in [4.78, 5) is 0.202. The average Bonchev–Trinajstić information content (AvgIpc) is 2.47. The molecule has 0 saturated carbocycles. The van der Waals surface area contributed by atoms with Gasteiger partial charge in [0.15, 0.2) is 0 Å². The standard InChI is InChI=1S/C19H22BrCl/c1-5-19(3,4)15-8-6-14(7-9-15)18(20)17-11-10-16(21)12-13(17)2/h6-12,18H,5H2,1-4H3. The molecule has 2 aromatic carbocycles. The van der Waals surface area contributed by atoms with Crippen LogP contribution in [0.1, 0.15) is 54.3 Å². The van der Waals surface area contributed by atoms with E-state index in [4.69, 9.17) is 11.6 Å². The number of hydrogen-bond acceptors (Lipinski definition) is 0. The van der Waals surface area contributed by atoms with E-state index < -0.39 is 0 Å². The minimum atomic E-state index is 0.202. The van der Waals surface area contributed by atoms with Crippen LogP contribution in [-0.2, 0) is 5.41 Å². The molecule has 0 fully saturated rings. The first-order valence-corrected chi connectivity index (χ1v) is 8.65. The Bertz CT molecular complexity index is 614. The predicted molar refractivity (Wildman–Crippen MR) is 96.7 cm³/mol. The van der Waals surface area contributed by atoms with Crippen LogP contribution in [0, 0.1) is 6.92 Å². The zero-order valence-corrected chi connectivity index (χ0v) is 15.4. The number of halogens is 2. The Morgan fingerprint density at radius 2 is 1.71 bits per heavy atom. The largest absolute Gasteiger partial charge is 0.0843 e. The molecule has 0 heterocycles. The highest BCUT2D eigenvalue weighted by molar-refractivity contribution is 9.09. The fraction of sp³-hybridized carbons (Fsp3) is 0.368. The van der Waals surface area contributed by atoms with Crippen molar-refractivity contribution >= 4 is 27.5 Å². The maximum atomic E-state index is 6.04. The number of benzene rings is 2. The fourth-order valence-electron chi connectivity index (χ4n) is 2.41. The maximum Gasteiger partial charge on any atom is 0.0647 e. The van der Waals surface area contributed by atoms with Crippen LogP contribution in [0.5, 0.6) is 0 Å². The molecule has 0 N–H and O–H groups in total. The molecule has 2 rings (SSSR count). The summed E-state index contributed by atoms with van der Waals surface area (Å²) in [6.45, 7) is 8.91. The lowest BCUT2D eigenvalue weighted by molar-refractivity contribution is 0.506. The van der Waals surface area contributed by atoms with Crippen LogP contribution in [0.4, 0.5) is 0 Å². The molecule has 0 nitrogen and oxygen atoms in total. The normalized spacial score (nSPS) is 13.2. The van der Waals surface area contributed by atoms with Gasteiger partial charge in [0.1, 0.15) is 0 Å². The van der Waals surface area contributed by atoms with Gasteiger partial charge in [-0.2, -0.15) is 0 Å². The van der Waals surface area contributed by atoms with Gasteiger partial charge in [-0.25, -0.2) is 0 Å². The summed E-state index contributed by atoms with van der Waals surface area (Å²) in [7, 11) is 0. The molecule has 0 amide bonds. The summed E-state index contributed by atoms with van der Waals surface area (Å²) in [5.74, 6) is 0. The zero-order chi connectivity index (χ0) is 15.6. The van der Waals surface area contributed by atoms with Crippen molar-refractivity contribution in [2.24, 2.45) is 0 Å². The van der Waals surface area contributed by atoms with Crippen LogP contribution >= 0.6 is 27.5 Å². The highest BCUT2D eigenvalue weighted by atomic mass is 79.9. The molecular formula is C19H22BrCl. The van der Waals surface area contributed by atoms with Crippen LogP contribution in [0.3, 0.4) is 0 Å². The predicted octanol–water partition coefficient (Wildman–Crippen LogP) is 6.82. The van der Waals surface area contributed by atoms with E-state index in [2.05, 4.69) is 74.0 Å². The first kappa shape index (κ1) is 16.6. The van der Waals surface area contributed by atoms with E-state index >= 15 is 0 Å². The van der Waals surface area contributed by atoms with Crippen LogP contribution in [0.15, 0.2) is 42.5 Å². The van der Waals surface area contributed by atoms with Gasteiger partial charge >= 0.3 is 0 Å². The average molecular weight is 366 g/mol. The topological polar surface area (TPSA) is 0 Å². The van der Waals surface area contributed by atoms with Gasteiger partial charge in [0.05, 0.1) is 4.83 Å². The van der Waals surface area contributed by atoms with Gasteiger partial charge in [0, 0.05) is 5.02 Å². The zero-order valence-electron chi connectivity index (χ0n) is 13.1. The first-order valence-electron chi connectivity index (χ1n) is 7.35. The van der Waals surface area contributed by atoms with Crippen LogP contribution in [-0.4, -0.2) is 0 Å². The Balaban J connectivity index is 2.30. The third-order valence-electron chi connectivity index (χ3n) is 4.37. The molecule has 0 aromatic heterocycles. The van der Waals surface area contributed by atoms with Gasteiger partial charge in [-0.1, -0.05) is 78.6 Å². The van der Waals surface area contributed by atoms with Gasteiger partial charge in [-0.3, -0.25) is 0 Å². The molecule has 0 spiro atoms. The Kier molecular flexibility index (Phi) is 5.16. The van der Waals surface area contributed by atoms with E-state index in [-0.39, 0.29) is 10.2 Å². The van der Waals surface area contributed by atoms with Crippen molar-refractivity contribution < 1.29 is 0 Å². The molecule has 2 aromatic rings. The summed E-state index contributed by atoms with van der Waals surface area (Å²) in [6.07, 6.45) is 1.14. The highest BCUT2D eigenvalue weighted by Crippen LogP contribution is 2.35. The van der Waals surface area contributed by atoms with Gasteiger partial charge in [-0.15, -0.1) is 0 Å². The van der Waals surface area contributed by atoms with E-state index in [1.165, 1.54) is 22.3 Å². The first-order chi connectivity index (χ1) is 9.85. The summed E-state index contributed by atoms with van der Waals surface area (Å²) in [5.41, 5.74) is 5.37. The quantitative estimate of drug-likeness (QED) is 0.521. The second-order valence-electron chi connectivity index (χ2n) is 6.22. The van der Waals surface area contributed by atoms with Crippen molar-refractivity contribution in [2.45, 2.75) is 44.4 Å². The van der Waals surface area contributed by atoms with E-state index in [0.29, 0.717) is 0 Å². The summed E-state index contributed by atoms with van der Waals surface area (Å²) >= 11 is 9.86. The molecule has 0 saturated heterocycles. The SMILES string of the molecule is CCC(C)(C)c1ccc(C(Br)c2ccc(Cl)cc2C)cc1. The number of alkyl halides is 1. The Morgan fingerprint density at radius 3 is 2.24 bits per heavy atom. The summed E-state index contributed by atoms with van der Waals surface area (Å²) < 4.78 is 0. The summed E-state index contributed by atoms with van der Waals surface area (Å²) in [6, 6.07) is 15.0. The molecule has 21 heavy (non-hydrogen) atoms. The third kappa shape index (κ3) is 3.70. The van der Waals surface area contributed by atoms with Crippen LogP contribution in [0.25, 0.3) is 0 Å². The van der Waals surface area contributed by atoms with Gasteiger partial charge in [0.25, 0.3) is 0 Å². The second-order valence-corrected chi connectivity index (χ2v) is 7.58. The van der Waals surface area contributed by atoms with Crippen molar-refractivity contribution in [3.8, 4) is 0 Å². The molecule has 0 radical (unpaired) electrons. The monoisotopic (exact) mass is 364 g/mol. The third-order valence-corrected chi connectivity index (χ3v) is 5.63. The molecule has 1 unspecified atom stereocenters. The van der Waals surface area contributed by atoms with E-state index in [9.17, 15) is 0 Å². The lowest BCUT2D eigenvalue weighted by Gasteiger charge is -2.24. The molecule has 0 aliphatic rings. The Morgan fingerprint density at radius 1 is 1.10 bits per heavy atom. The number of aryl methyl sites for hydroxylation is 1. The minimum Gasteiger partial charge on any atom is -0.0843 e. The highest BCUT2D eigenvalue weighted by Gasteiger charge is 2.19. The van der Waals surface area contributed by atoms with Crippen molar-refractivity contribution in [2.75, 3.05) is 0 Å². The molecule has 0 aliphatic heterocycles. The van der Waals surface area contributed by atoms with Gasteiger partial charge in [0.2, 0.25) is 0 Å². The van der Waals surface area contributed by atoms with Crippen LogP contribution in [0.2, 0.25) is 5.02 Å². The van der Waals surface area contributed by atoms with E-state index in [1.54, 1.807) is 0 Å². The summed E-state index contributed by atoms with van der Waals surface area (Å²) in [5, 5.41) is 0.788. The molecule has 112 valence electrons. The Hall–Kier alpha value is -0.790. The Labute approximate surface area is 141 Å². The maximum absolute atomic E-state index is 6.04. The molecule has 0 aliphatic carbocycles. The van der Waals surface area contributed by atoms with Crippen molar-refractivity contribution in [1.29, 1.82) is 0 Å². The number of rotatable bonds is 4. The van der Waals surface area contributed by atoms with Crippen molar-refractivity contribution in [3.63, 3.8) is 0 Å². The van der Waals surface area contributed by atoms with E-state index in [1.807, 2.05) is 12.1 Å². The van der Waals surface area contributed by atoms with Crippen LogP contribution < -0.4 is 0 Å². The van der Waals surface area contributed by atoms with E-state index in [0.717, 1.165) is 11.4 Å². The molecular weight excluding hydrogens is 344 g/mol. The fourth-order valence-corrected chi connectivity index (χ4v) is 3.46. The van der Waals surface area contributed by atoms with Crippen molar-refractivity contribution in [3.05, 3.63) is 69.7 Å². The molecule has 2 heteroatoms. The number of hydrogen-bond donors (Lipinski definition) is 0. The minimum absolute atomic E-state index is 0.202. The molecule has 1 atom stereocenters. The van der Waals surface area contributed by atoms with Gasteiger partial charge < -0.3 is 0 Å². The smallest absolute Gasteiger partial charge is 0.0647 e. The molecule has 0 bridgehead atoms. The van der Waals surface area contributed by atoms with Crippen molar-refractivity contribution in [1.82, 2.24) is 0 Å². The lowest BCUT2D eigenvalue weighted by atomic mass is 9.82. The van der Waals surface area contributed by atoms with Gasteiger partial charge in [-0.05, 0) is 53.1 Å². The second kappa shape index (κ2) is 6.54. The lowest BCUT2D eigenvalue weighted by Crippen LogP contribution is -2.15.